The fraction of sp³-hybridized carbons (Fsp3) is 0.577. The normalized spacial score (nSPS) is 20.0. The topological polar surface area (TPSA) is 71.0 Å². The largest absolute Gasteiger partial charge is 0.451 e. The van der Waals surface area contributed by atoms with Crippen molar-refractivity contribution >= 4 is 11.7 Å². The van der Waals surface area contributed by atoms with E-state index in [2.05, 4.69) is 19.8 Å². The molecular formula is C26H34FN5O3. The van der Waals surface area contributed by atoms with Crippen molar-refractivity contribution in [1.82, 2.24) is 19.8 Å². The molecule has 35 heavy (non-hydrogen) atoms. The van der Waals surface area contributed by atoms with E-state index in [0.29, 0.717) is 22.7 Å². The summed E-state index contributed by atoms with van der Waals surface area (Å²) >= 11 is 0. The van der Waals surface area contributed by atoms with Crippen LogP contribution < -0.4 is 9.64 Å². The number of carbonyl (C=O) groups excluding carboxylic acids is 1. The molecule has 2 aromatic rings. The Hall–Kier alpha value is -2.78. The van der Waals surface area contributed by atoms with E-state index in [9.17, 15) is 9.18 Å². The van der Waals surface area contributed by atoms with Crippen molar-refractivity contribution in [3.05, 3.63) is 42.1 Å². The maximum atomic E-state index is 14.0. The minimum absolute atomic E-state index is 0.0278. The number of nitrogens with zero attached hydrogens (tertiary/aromatic N) is 5. The Morgan fingerprint density at radius 2 is 1.97 bits per heavy atom. The van der Waals surface area contributed by atoms with Gasteiger partial charge in [0.15, 0.2) is 11.6 Å². The molecule has 3 saturated heterocycles. The van der Waals surface area contributed by atoms with Gasteiger partial charge in [0.2, 0.25) is 0 Å². The van der Waals surface area contributed by atoms with E-state index in [1.165, 1.54) is 31.1 Å². The first-order valence-corrected chi connectivity index (χ1v) is 12.4. The van der Waals surface area contributed by atoms with Crippen molar-refractivity contribution in [3.8, 4) is 11.5 Å². The lowest BCUT2D eigenvalue weighted by atomic mass is 9.72. The quantitative estimate of drug-likeness (QED) is 0.598. The molecule has 0 N–H and O–H groups in total. The molecule has 3 aliphatic heterocycles. The third kappa shape index (κ3) is 4.97. The lowest BCUT2D eigenvalue weighted by Crippen LogP contribution is -2.72. The molecule has 8 nitrogen and oxygen atoms in total. The number of aromatic nitrogens is 2. The van der Waals surface area contributed by atoms with Crippen LogP contribution in [0.15, 0.2) is 30.7 Å². The number of hydrogen-bond acceptors (Lipinski definition) is 7. The predicted octanol–water partition coefficient (Wildman–Crippen LogP) is 3.44. The van der Waals surface area contributed by atoms with Crippen LogP contribution in [0.5, 0.6) is 11.5 Å². The van der Waals surface area contributed by atoms with Gasteiger partial charge in [0.25, 0.3) is 5.91 Å². The van der Waals surface area contributed by atoms with Gasteiger partial charge in [0.05, 0.1) is 11.8 Å². The molecule has 0 atom stereocenters. The smallest absolute Gasteiger partial charge is 0.257 e. The van der Waals surface area contributed by atoms with Gasteiger partial charge in [-0.25, -0.2) is 14.4 Å². The number of anilines is 1. The zero-order valence-electron chi connectivity index (χ0n) is 20.7. The SMILES string of the molecule is CC(C)N(C)C(=O)c1cc(F)ccc1Oc1cncnc1N1CC2(CN(CC3CCOCC3)C2)C1. The summed E-state index contributed by atoms with van der Waals surface area (Å²) in [6, 6.07) is 3.98. The second kappa shape index (κ2) is 9.70. The zero-order valence-corrected chi connectivity index (χ0v) is 20.7. The molecule has 0 saturated carbocycles. The second-order valence-electron chi connectivity index (χ2n) is 10.5. The number of hydrogen-bond donors (Lipinski definition) is 0. The highest BCUT2D eigenvalue weighted by Crippen LogP contribution is 2.44. The standard InChI is InChI=1S/C26H34FN5O3/c1-18(2)30(3)25(33)21-10-20(27)4-5-22(21)35-23-11-28-17-29-24(23)32-15-26(16-32)13-31(14-26)12-19-6-8-34-9-7-19/h4-5,10-11,17-19H,6-9,12-16H2,1-3H3. The third-order valence-electron chi connectivity index (χ3n) is 7.47. The highest BCUT2D eigenvalue weighted by atomic mass is 19.1. The molecule has 5 rings (SSSR count). The average Bonchev–Trinajstić information content (AvgIpc) is 2.81. The zero-order chi connectivity index (χ0) is 24.6. The van der Waals surface area contributed by atoms with E-state index >= 15 is 0 Å². The lowest BCUT2D eigenvalue weighted by molar-refractivity contribution is -0.0430. The molecule has 9 heteroatoms. The van der Waals surface area contributed by atoms with Crippen LogP contribution in [-0.2, 0) is 4.74 Å². The van der Waals surface area contributed by atoms with E-state index in [4.69, 9.17) is 9.47 Å². The van der Waals surface area contributed by atoms with Crippen molar-refractivity contribution in [2.24, 2.45) is 11.3 Å². The Morgan fingerprint density at radius 3 is 2.69 bits per heavy atom. The van der Waals surface area contributed by atoms with E-state index in [1.54, 1.807) is 18.1 Å². The van der Waals surface area contributed by atoms with Crippen LogP contribution in [0.3, 0.4) is 0 Å². The molecule has 3 fully saturated rings. The van der Waals surface area contributed by atoms with Crippen molar-refractivity contribution < 1.29 is 18.7 Å². The minimum Gasteiger partial charge on any atom is -0.451 e. The van der Waals surface area contributed by atoms with Crippen LogP contribution in [0, 0.1) is 17.2 Å². The molecule has 0 radical (unpaired) electrons. The Balaban J connectivity index is 1.25. The van der Waals surface area contributed by atoms with Gasteiger partial charge in [-0.3, -0.25) is 4.79 Å². The highest BCUT2D eigenvalue weighted by Gasteiger charge is 2.52. The van der Waals surface area contributed by atoms with Gasteiger partial charge in [-0.15, -0.1) is 0 Å². The summed E-state index contributed by atoms with van der Waals surface area (Å²) in [6.45, 7) is 10.8. The average molecular weight is 484 g/mol. The first kappa shape index (κ1) is 23.9. The third-order valence-corrected chi connectivity index (χ3v) is 7.47. The molecule has 0 aliphatic carbocycles. The summed E-state index contributed by atoms with van der Waals surface area (Å²) in [6.07, 6.45) is 5.44. The minimum atomic E-state index is -0.484. The number of rotatable bonds is 7. The summed E-state index contributed by atoms with van der Waals surface area (Å²) in [5.74, 6) is 1.43. The number of halogens is 1. The van der Waals surface area contributed by atoms with Gasteiger partial charge in [-0.2, -0.15) is 0 Å². The summed E-state index contributed by atoms with van der Waals surface area (Å²) in [5.41, 5.74) is 0.489. The van der Waals surface area contributed by atoms with Crippen molar-refractivity contribution in [2.45, 2.75) is 32.7 Å². The summed E-state index contributed by atoms with van der Waals surface area (Å²) in [7, 11) is 1.70. The number of carbonyl (C=O) groups is 1. The lowest BCUT2D eigenvalue weighted by Gasteiger charge is -2.61. The maximum Gasteiger partial charge on any atom is 0.257 e. The number of amides is 1. The number of ether oxygens (including phenoxy) is 2. The van der Waals surface area contributed by atoms with Gasteiger partial charge >= 0.3 is 0 Å². The van der Waals surface area contributed by atoms with Crippen molar-refractivity contribution in [3.63, 3.8) is 0 Å². The Labute approximate surface area is 206 Å². The molecule has 1 amide bonds. The Morgan fingerprint density at radius 1 is 1.23 bits per heavy atom. The van der Waals surface area contributed by atoms with Gasteiger partial charge in [0, 0.05) is 64.4 Å². The van der Waals surface area contributed by atoms with E-state index in [-0.39, 0.29) is 17.5 Å². The Bertz CT molecular complexity index is 1060. The van der Waals surface area contributed by atoms with E-state index < -0.39 is 5.82 Å². The van der Waals surface area contributed by atoms with Crippen LogP contribution >= 0.6 is 0 Å². The van der Waals surface area contributed by atoms with Crippen LogP contribution in [-0.4, -0.2) is 84.7 Å². The molecule has 0 unspecified atom stereocenters. The van der Waals surface area contributed by atoms with Crippen LogP contribution in [0.25, 0.3) is 0 Å². The molecule has 1 aromatic carbocycles. The molecule has 188 valence electrons. The molecule has 0 bridgehead atoms. The molecule has 1 spiro atoms. The summed E-state index contributed by atoms with van der Waals surface area (Å²) < 4.78 is 25.6. The fourth-order valence-corrected chi connectivity index (χ4v) is 5.36. The second-order valence-corrected chi connectivity index (χ2v) is 10.5. The molecule has 1 aromatic heterocycles. The highest BCUT2D eigenvalue weighted by molar-refractivity contribution is 5.97. The summed E-state index contributed by atoms with van der Waals surface area (Å²) in [5, 5.41) is 0. The van der Waals surface area contributed by atoms with Gasteiger partial charge in [-0.05, 0) is 50.8 Å². The van der Waals surface area contributed by atoms with E-state index in [0.717, 1.165) is 58.2 Å². The van der Waals surface area contributed by atoms with Gasteiger partial charge < -0.3 is 24.2 Å². The molecular weight excluding hydrogens is 449 g/mol. The van der Waals surface area contributed by atoms with Crippen molar-refractivity contribution in [1.29, 1.82) is 0 Å². The van der Waals surface area contributed by atoms with Gasteiger partial charge in [0.1, 0.15) is 17.9 Å². The summed E-state index contributed by atoms with van der Waals surface area (Å²) in [4.78, 5) is 27.9. The monoisotopic (exact) mass is 483 g/mol. The Kier molecular flexibility index (Phi) is 6.63. The predicted molar refractivity (Wildman–Crippen MR) is 130 cm³/mol. The van der Waals surface area contributed by atoms with Crippen LogP contribution in [0.1, 0.15) is 37.0 Å². The fourth-order valence-electron chi connectivity index (χ4n) is 5.36. The van der Waals surface area contributed by atoms with E-state index in [1.807, 2.05) is 13.8 Å². The first-order valence-electron chi connectivity index (χ1n) is 12.4. The first-order chi connectivity index (χ1) is 16.8. The van der Waals surface area contributed by atoms with Gasteiger partial charge in [-0.1, -0.05) is 0 Å². The maximum absolute atomic E-state index is 14.0. The molecule has 3 aliphatic rings. The molecule has 4 heterocycles. The van der Waals surface area contributed by atoms with Crippen LogP contribution in [0.4, 0.5) is 10.2 Å². The van der Waals surface area contributed by atoms with Crippen molar-refractivity contribution in [2.75, 3.05) is 57.9 Å². The number of likely N-dealkylation sites (tertiary alicyclic amines) is 1. The van der Waals surface area contributed by atoms with Crippen LogP contribution in [0.2, 0.25) is 0 Å². The number of benzene rings is 1.